The van der Waals surface area contributed by atoms with Crippen molar-refractivity contribution < 1.29 is 0 Å². The van der Waals surface area contributed by atoms with Crippen molar-refractivity contribution in [3.8, 4) is 33.8 Å². The van der Waals surface area contributed by atoms with Crippen molar-refractivity contribution >= 4 is 0 Å². The number of hydrogen-bond acceptors (Lipinski definition) is 2. The Morgan fingerprint density at radius 2 is 1.20 bits per heavy atom. The predicted octanol–water partition coefficient (Wildman–Crippen LogP) is 7.08. The summed E-state index contributed by atoms with van der Waals surface area (Å²) in [6.07, 6.45) is 9.63. The van der Waals surface area contributed by atoms with Gasteiger partial charge >= 0.3 is 0 Å². The third-order valence-corrected chi connectivity index (χ3v) is 5.41. The molecule has 1 aromatic heterocycles. The summed E-state index contributed by atoms with van der Waals surface area (Å²) in [6, 6.07) is 31.2. The average molecular weight is 386 g/mol. The lowest BCUT2D eigenvalue weighted by Crippen LogP contribution is -2.08. The number of benzene rings is 3. The Hall–Kier alpha value is -3.78. The highest BCUT2D eigenvalue weighted by Crippen LogP contribution is 2.39. The normalized spacial score (nSPS) is 15.3. The molecule has 2 nitrogen and oxygen atoms in total. The molecule has 0 saturated carbocycles. The summed E-state index contributed by atoms with van der Waals surface area (Å²) < 4.78 is 0. The zero-order chi connectivity index (χ0) is 20.2. The maximum absolute atomic E-state index is 5.13. The van der Waals surface area contributed by atoms with E-state index < -0.39 is 0 Å². The molecular formula is C28H22N2. The van der Waals surface area contributed by atoms with Gasteiger partial charge in [-0.25, -0.2) is 9.97 Å². The van der Waals surface area contributed by atoms with Crippen LogP contribution >= 0.6 is 0 Å². The molecule has 0 fully saturated rings. The minimum Gasteiger partial charge on any atom is -0.232 e. The molecule has 1 atom stereocenters. The molecule has 3 aromatic carbocycles. The molecule has 5 rings (SSSR count). The van der Waals surface area contributed by atoms with Gasteiger partial charge in [-0.05, 0) is 12.0 Å². The number of rotatable bonds is 4. The summed E-state index contributed by atoms with van der Waals surface area (Å²) >= 11 is 0. The average Bonchev–Trinajstić information content (AvgIpc) is 2.85. The van der Waals surface area contributed by atoms with E-state index in [2.05, 4.69) is 85.0 Å². The second-order valence-corrected chi connectivity index (χ2v) is 7.41. The first-order chi connectivity index (χ1) is 14.9. The molecule has 4 aromatic rings. The van der Waals surface area contributed by atoms with Gasteiger partial charge in [-0.1, -0.05) is 115 Å². The van der Waals surface area contributed by atoms with Crippen LogP contribution in [-0.4, -0.2) is 9.97 Å². The Balaban J connectivity index is 1.82. The van der Waals surface area contributed by atoms with Crippen LogP contribution in [0.4, 0.5) is 0 Å². The summed E-state index contributed by atoms with van der Waals surface area (Å²) in [6.45, 7) is 0. The molecular weight excluding hydrogens is 364 g/mol. The van der Waals surface area contributed by atoms with Gasteiger partial charge < -0.3 is 0 Å². The summed E-state index contributed by atoms with van der Waals surface area (Å²) in [5, 5.41) is 0. The van der Waals surface area contributed by atoms with Crippen molar-refractivity contribution in [2.24, 2.45) is 0 Å². The Bertz CT molecular complexity index is 1190. The Labute approximate surface area is 177 Å². The fourth-order valence-electron chi connectivity index (χ4n) is 3.94. The van der Waals surface area contributed by atoms with Crippen LogP contribution in [0.1, 0.15) is 18.0 Å². The van der Waals surface area contributed by atoms with Crippen molar-refractivity contribution in [2.75, 3.05) is 0 Å². The first-order valence-electron chi connectivity index (χ1n) is 10.3. The molecule has 2 heteroatoms. The SMILES string of the molecule is C1=CCC(c2nc(-c3ccccc3)nc(-c3ccccc3)c2-c2ccccc2)C=C1. The first kappa shape index (κ1) is 18.3. The summed E-state index contributed by atoms with van der Waals surface area (Å²) in [5.74, 6) is 0.991. The van der Waals surface area contributed by atoms with E-state index in [9.17, 15) is 0 Å². The summed E-state index contributed by atoms with van der Waals surface area (Å²) in [5.41, 5.74) is 6.46. The van der Waals surface area contributed by atoms with E-state index in [1.54, 1.807) is 0 Å². The van der Waals surface area contributed by atoms with Crippen molar-refractivity contribution in [1.82, 2.24) is 9.97 Å². The van der Waals surface area contributed by atoms with Gasteiger partial charge in [0.05, 0.1) is 11.4 Å². The standard InChI is InChI=1S/C28H22N2/c1-5-13-21(14-6-1)25-26(22-15-7-2-8-16-22)29-28(24-19-11-4-12-20-24)30-27(25)23-17-9-3-10-18-23/h1-17,19-20,23H,18H2. The van der Waals surface area contributed by atoms with Gasteiger partial charge in [-0.2, -0.15) is 0 Å². The lowest BCUT2D eigenvalue weighted by Gasteiger charge is -2.21. The Morgan fingerprint density at radius 1 is 0.600 bits per heavy atom. The molecule has 1 aliphatic carbocycles. The van der Waals surface area contributed by atoms with Gasteiger partial charge in [0, 0.05) is 22.6 Å². The molecule has 1 unspecified atom stereocenters. The van der Waals surface area contributed by atoms with Gasteiger partial charge in [0.25, 0.3) is 0 Å². The lowest BCUT2D eigenvalue weighted by molar-refractivity contribution is 0.814. The van der Waals surface area contributed by atoms with Crippen LogP contribution in [0.3, 0.4) is 0 Å². The van der Waals surface area contributed by atoms with Crippen molar-refractivity contribution in [3.63, 3.8) is 0 Å². The maximum atomic E-state index is 5.13. The van der Waals surface area contributed by atoms with E-state index in [0.29, 0.717) is 0 Å². The largest absolute Gasteiger partial charge is 0.232 e. The van der Waals surface area contributed by atoms with E-state index in [1.165, 1.54) is 0 Å². The second-order valence-electron chi connectivity index (χ2n) is 7.41. The topological polar surface area (TPSA) is 25.8 Å². The van der Waals surface area contributed by atoms with E-state index >= 15 is 0 Å². The number of allylic oxidation sites excluding steroid dienone is 4. The lowest BCUT2D eigenvalue weighted by atomic mass is 9.88. The van der Waals surface area contributed by atoms with Crippen molar-refractivity contribution in [3.05, 3.63) is 121 Å². The molecule has 30 heavy (non-hydrogen) atoms. The molecule has 0 amide bonds. The van der Waals surface area contributed by atoms with Crippen LogP contribution < -0.4 is 0 Å². The quantitative estimate of drug-likeness (QED) is 0.374. The molecule has 0 bridgehead atoms. The molecule has 1 heterocycles. The Morgan fingerprint density at radius 3 is 1.80 bits per heavy atom. The highest BCUT2D eigenvalue weighted by molar-refractivity contribution is 5.84. The first-order valence-corrected chi connectivity index (χ1v) is 10.3. The van der Waals surface area contributed by atoms with Crippen LogP contribution in [0.2, 0.25) is 0 Å². The van der Waals surface area contributed by atoms with Gasteiger partial charge in [-0.3, -0.25) is 0 Å². The minimum absolute atomic E-state index is 0.220. The van der Waals surface area contributed by atoms with Gasteiger partial charge in [0.2, 0.25) is 0 Å². The third kappa shape index (κ3) is 3.60. The minimum atomic E-state index is 0.220. The second kappa shape index (κ2) is 8.30. The number of hydrogen-bond donors (Lipinski definition) is 0. The molecule has 0 saturated heterocycles. The van der Waals surface area contributed by atoms with Crippen molar-refractivity contribution in [1.29, 1.82) is 0 Å². The molecule has 144 valence electrons. The zero-order valence-corrected chi connectivity index (χ0v) is 16.6. The molecule has 0 aliphatic heterocycles. The summed E-state index contributed by atoms with van der Waals surface area (Å²) in [7, 11) is 0. The molecule has 0 radical (unpaired) electrons. The fourth-order valence-corrected chi connectivity index (χ4v) is 3.94. The van der Waals surface area contributed by atoms with Crippen LogP contribution in [0.15, 0.2) is 115 Å². The van der Waals surface area contributed by atoms with Crippen LogP contribution in [0.25, 0.3) is 33.8 Å². The Kier molecular flexibility index (Phi) is 5.05. The van der Waals surface area contributed by atoms with Gasteiger partial charge in [0.1, 0.15) is 0 Å². The van der Waals surface area contributed by atoms with Crippen LogP contribution in [0.5, 0.6) is 0 Å². The molecule has 0 N–H and O–H groups in total. The fraction of sp³-hybridized carbons (Fsp3) is 0.0714. The maximum Gasteiger partial charge on any atom is 0.160 e. The monoisotopic (exact) mass is 386 g/mol. The van der Waals surface area contributed by atoms with Crippen molar-refractivity contribution in [2.45, 2.75) is 12.3 Å². The zero-order valence-electron chi connectivity index (χ0n) is 16.6. The van der Waals surface area contributed by atoms with E-state index in [1.807, 2.05) is 30.3 Å². The van der Waals surface area contributed by atoms with Gasteiger partial charge in [-0.15, -0.1) is 0 Å². The molecule has 1 aliphatic rings. The summed E-state index contributed by atoms with van der Waals surface area (Å²) in [4.78, 5) is 10.2. The van der Waals surface area contributed by atoms with E-state index in [-0.39, 0.29) is 5.92 Å². The van der Waals surface area contributed by atoms with E-state index in [4.69, 9.17) is 9.97 Å². The molecule has 0 spiro atoms. The van der Waals surface area contributed by atoms with E-state index in [0.717, 1.165) is 45.9 Å². The van der Waals surface area contributed by atoms with Crippen LogP contribution in [0, 0.1) is 0 Å². The van der Waals surface area contributed by atoms with Crippen LogP contribution in [-0.2, 0) is 0 Å². The highest BCUT2D eigenvalue weighted by atomic mass is 14.9. The third-order valence-electron chi connectivity index (χ3n) is 5.41. The number of nitrogens with zero attached hydrogens (tertiary/aromatic N) is 2. The smallest absolute Gasteiger partial charge is 0.160 e. The van der Waals surface area contributed by atoms with Gasteiger partial charge in [0.15, 0.2) is 5.82 Å². The predicted molar refractivity (Wildman–Crippen MR) is 124 cm³/mol. The number of aromatic nitrogens is 2. The highest BCUT2D eigenvalue weighted by Gasteiger charge is 2.23.